The zero-order valence-electron chi connectivity index (χ0n) is 11.3. The van der Waals surface area contributed by atoms with Crippen molar-refractivity contribution in [2.75, 3.05) is 6.54 Å². The summed E-state index contributed by atoms with van der Waals surface area (Å²) in [6.45, 7) is 0.0148. The Morgan fingerprint density at radius 2 is 2.14 bits per heavy atom. The highest BCUT2D eigenvalue weighted by molar-refractivity contribution is 6.32. The summed E-state index contributed by atoms with van der Waals surface area (Å²) in [5.74, 6) is -1.73. The number of aliphatic hydroxyl groups is 1. The summed E-state index contributed by atoms with van der Waals surface area (Å²) in [5, 5.41) is 9.76. The Labute approximate surface area is 129 Å². The lowest BCUT2D eigenvalue weighted by Crippen LogP contribution is -2.32. The number of amides is 1. The number of halogens is 3. The number of aliphatic hydroxyl groups excluding tert-OH is 1. The van der Waals surface area contributed by atoms with Crippen LogP contribution in [0.3, 0.4) is 0 Å². The normalized spacial score (nSPS) is 21.4. The lowest BCUT2D eigenvalue weighted by molar-refractivity contribution is 0.0713. The minimum atomic E-state index is -0.817. The topological polar surface area (TPSA) is 53.7 Å². The summed E-state index contributed by atoms with van der Waals surface area (Å²) < 4.78 is 32.2. The van der Waals surface area contributed by atoms with Crippen molar-refractivity contribution < 1.29 is 23.1 Å². The number of hydrogen-bond donors (Lipinski definition) is 1. The van der Waals surface area contributed by atoms with Gasteiger partial charge in [-0.1, -0.05) is 0 Å². The third-order valence-electron chi connectivity index (χ3n) is 3.71. The molecule has 0 saturated carbocycles. The lowest BCUT2D eigenvalue weighted by Gasteiger charge is -2.24. The number of likely N-dealkylation sites (tertiary alicyclic amines) is 1. The van der Waals surface area contributed by atoms with E-state index in [2.05, 4.69) is 0 Å². The summed E-state index contributed by atoms with van der Waals surface area (Å²) in [6.07, 6.45) is 0.573. The van der Waals surface area contributed by atoms with Crippen LogP contribution >= 0.6 is 11.6 Å². The Kier molecular flexibility index (Phi) is 3.88. The highest BCUT2D eigenvalue weighted by atomic mass is 35.5. The van der Waals surface area contributed by atoms with Gasteiger partial charge in [0, 0.05) is 12.1 Å². The zero-order chi connectivity index (χ0) is 15.9. The Balaban J connectivity index is 1.98. The number of β-amino-alcohol motifs (C(OH)–C–C–N with tert-alkyl or cyclic N) is 1. The number of carbonyl (C=O) groups is 1. The molecule has 2 aromatic rings. The first-order valence-electron chi connectivity index (χ1n) is 6.64. The van der Waals surface area contributed by atoms with E-state index in [4.69, 9.17) is 16.0 Å². The summed E-state index contributed by atoms with van der Waals surface area (Å²) in [7, 11) is 0. The molecule has 0 spiro atoms. The van der Waals surface area contributed by atoms with Crippen LogP contribution < -0.4 is 0 Å². The maximum Gasteiger partial charge on any atom is 0.259 e. The van der Waals surface area contributed by atoms with Gasteiger partial charge in [0.2, 0.25) is 5.22 Å². The van der Waals surface area contributed by atoms with Gasteiger partial charge < -0.3 is 14.4 Å². The van der Waals surface area contributed by atoms with Crippen molar-refractivity contribution in [2.45, 2.75) is 18.6 Å². The molecule has 1 aliphatic heterocycles. The first-order chi connectivity index (χ1) is 10.5. The van der Waals surface area contributed by atoms with Gasteiger partial charge in [-0.15, -0.1) is 0 Å². The molecule has 116 valence electrons. The predicted octanol–water partition coefficient (Wildman–Crippen LogP) is 3.16. The Bertz CT molecular complexity index is 719. The molecule has 7 heteroatoms. The number of hydrogen-bond acceptors (Lipinski definition) is 3. The molecule has 0 radical (unpaired) electrons. The maximum atomic E-state index is 14.0. The monoisotopic (exact) mass is 327 g/mol. The standard InChI is InChI=1S/C15H12ClF2NO3/c16-14-10(3-4-22-14)15(21)19-7-9(20)6-13(19)11-5-8(17)1-2-12(11)18/h1-5,9,13,20H,6-7H2/t9-,13+/m1/s1. The second-order valence-electron chi connectivity index (χ2n) is 5.14. The first kappa shape index (κ1) is 15.0. The van der Waals surface area contributed by atoms with Gasteiger partial charge in [-0.2, -0.15) is 0 Å². The summed E-state index contributed by atoms with van der Waals surface area (Å²) >= 11 is 5.79. The molecule has 1 amide bonds. The van der Waals surface area contributed by atoms with Crippen molar-refractivity contribution in [3.8, 4) is 0 Å². The van der Waals surface area contributed by atoms with Crippen LogP contribution in [0.25, 0.3) is 0 Å². The molecule has 22 heavy (non-hydrogen) atoms. The molecule has 1 aliphatic rings. The molecule has 1 saturated heterocycles. The van der Waals surface area contributed by atoms with E-state index in [1.54, 1.807) is 0 Å². The van der Waals surface area contributed by atoms with Gasteiger partial charge >= 0.3 is 0 Å². The maximum absolute atomic E-state index is 14.0. The van der Waals surface area contributed by atoms with Gasteiger partial charge in [0.1, 0.15) is 11.6 Å². The molecule has 0 unspecified atom stereocenters. The van der Waals surface area contributed by atoms with Crippen LogP contribution in [-0.4, -0.2) is 28.6 Å². The minimum Gasteiger partial charge on any atom is -0.452 e. The molecule has 1 N–H and O–H groups in total. The molecule has 1 fully saturated rings. The minimum absolute atomic E-state index is 0.0148. The van der Waals surface area contributed by atoms with Gasteiger partial charge in [-0.3, -0.25) is 4.79 Å². The van der Waals surface area contributed by atoms with E-state index in [0.717, 1.165) is 18.2 Å². The first-order valence-corrected chi connectivity index (χ1v) is 7.02. The molecular formula is C15H12ClF2NO3. The van der Waals surface area contributed by atoms with Crippen LogP contribution in [-0.2, 0) is 0 Å². The second kappa shape index (κ2) is 5.70. The van der Waals surface area contributed by atoms with Crippen molar-refractivity contribution in [3.63, 3.8) is 0 Å². The SMILES string of the molecule is O=C(c1ccoc1Cl)N1C[C@H](O)C[C@H]1c1cc(F)ccc1F. The molecule has 2 atom stereocenters. The summed E-state index contributed by atoms with van der Waals surface area (Å²) in [6, 6.07) is 3.68. The molecule has 1 aromatic heterocycles. The van der Waals surface area contributed by atoms with Gasteiger partial charge in [0.25, 0.3) is 5.91 Å². The molecule has 2 heterocycles. The van der Waals surface area contributed by atoms with E-state index < -0.39 is 29.7 Å². The van der Waals surface area contributed by atoms with Crippen LogP contribution in [0.15, 0.2) is 34.9 Å². The predicted molar refractivity (Wildman–Crippen MR) is 74.5 cm³/mol. The van der Waals surface area contributed by atoms with Crippen molar-refractivity contribution in [1.82, 2.24) is 4.90 Å². The highest BCUT2D eigenvalue weighted by Crippen LogP contribution is 2.36. The summed E-state index contributed by atoms with van der Waals surface area (Å²) in [5.41, 5.74) is 0.155. The fourth-order valence-corrected chi connectivity index (χ4v) is 2.90. The van der Waals surface area contributed by atoms with Gasteiger partial charge in [0.05, 0.1) is 24.0 Å². The third kappa shape index (κ3) is 2.60. The van der Waals surface area contributed by atoms with Gasteiger partial charge in [0.15, 0.2) is 0 Å². The van der Waals surface area contributed by atoms with Crippen molar-refractivity contribution in [2.24, 2.45) is 0 Å². The van der Waals surface area contributed by atoms with Gasteiger partial charge in [-0.25, -0.2) is 8.78 Å². The number of carbonyl (C=O) groups excluding carboxylic acids is 1. The molecule has 3 rings (SSSR count). The Hall–Kier alpha value is -1.92. The molecular weight excluding hydrogens is 316 g/mol. The van der Waals surface area contributed by atoms with Crippen LogP contribution in [0.1, 0.15) is 28.4 Å². The van der Waals surface area contributed by atoms with Crippen LogP contribution in [0.5, 0.6) is 0 Å². The molecule has 4 nitrogen and oxygen atoms in total. The van der Waals surface area contributed by atoms with Gasteiger partial charge in [-0.05, 0) is 42.3 Å². The largest absolute Gasteiger partial charge is 0.452 e. The number of rotatable bonds is 2. The van der Waals surface area contributed by atoms with Crippen LogP contribution in [0.4, 0.5) is 8.78 Å². The number of benzene rings is 1. The number of furan rings is 1. The van der Waals surface area contributed by atoms with E-state index in [-0.39, 0.29) is 29.3 Å². The fraction of sp³-hybridized carbons (Fsp3) is 0.267. The smallest absolute Gasteiger partial charge is 0.259 e. The van der Waals surface area contributed by atoms with E-state index >= 15 is 0 Å². The third-order valence-corrected chi connectivity index (χ3v) is 4.00. The average Bonchev–Trinajstić information content (AvgIpc) is 3.07. The quantitative estimate of drug-likeness (QED) is 0.922. The highest BCUT2D eigenvalue weighted by Gasteiger charge is 2.38. The van der Waals surface area contributed by atoms with Crippen molar-refractivity contribution in [3.05, 3.63) is 58.5 Å². The number of nitrogens with zero attached hydrogens (tertiary/aromatic N) is 1. The molecule has 1 aromatic carbocycles. The Morgan fingerprint density at radius 1 is 1.36 bits per heavy atom. The Morgan fingerprint density at radius 3 is 2.82 bits per heavy atom. The average molecular weight is 328 g/mol. The lowest BCUT2D eigenvalue weighted by atomic mass is 10.0. The van der Waals surface area contributed by atoms with E-state index in [9.17, 15) is 18.7 Å². The van der Waals surface area contributed by atoms with Crippen LogP contribution in [0, 0.1) is 11.6 Å². The van der Waals surface area contributed by atoms with E-state index in [1.165, 1.54) is 17.2 Å². The van der Waals surface area contributed by atoms with Crippen LogP contribution in [0.2, 0.25) is 5.22 Å². The molecule has 0 bridgehead atoms. The van der Waals surface area contributed by atoms with Crippen molar-refractivity contribution in [1.29, 1.82) is 0 Å². The molecule has 0 aliphatic carbocycles. The van der Waals surface area contributed by atoms with E-state index in [1.807, 2.05) is 0 Å². The summed E-state index contributed by atoms with van der Waals surface area (Å²) in [4.78, 5) is 13.8. The zero-order valence-corrected chi connectivity index (χ0v) is 12.1. The fourth-order valence-electron chi connectivity index (χ4n) is 2.70. The second-order valence-corrected chi connectivity index (χ2v) is 5.48. The van der Waals surface area contributed by atoms with Crippen molar-refractivity contribution >= 4 is 17.5 Å². The van der Waals surface area contributed by atoms with E-state index in [0.29, 0.717) is 0 Å².